The molecule has 2 nitrogen and oxygen atoms in total. The summed E-state index contributed by atoms with van der Waals surface area (Å²) in [5.74, 6) is 0.771. The van der Waals surface area contributed by atoms with Crippen LogP contribution in [0.15, 0.2) is 40.9 Å². The van der Waals surface area contributed by atoms with Gasteiger partial charge in [0.15, 0.2) is 0 Å². The van der Waals surface area contributed by atoms with Crippen molar-refractivity contribution in [2.75, 3.05) is 14.2 Å². The van der Waals surface area contributed by atoms with E-state index < -0.39 is 0 Å². The van der Waals surface area contributed by atoms with Crippen LogP contribution in [0, 0.1) is 0 Å². The maximum absolute atomic E-state index is 6.34. The first-order chi connectivity index (χ1) is 9.56. The number of benzene rings is 2. The lowest BCUT2D eigenvalue weighted by Crippen LogP contribution is -2.19. The average molecular weight is 375 g/mol. The van der Waals surface area contributed by atoms with E-state index in [2.05, 4.69) is 21.2 Å². The Labute approximate surface area is 137 Å². The highest BCUT2D eigenvalue weighted by molar-refractivity contribution is 9.10. The van der Waals surface area contributed by atoms with Gasteiger partial charge in [0.05, 0.1) is 13.2 Å². The van der Waals surface area contributed by atoms with E-state index in [9.17, 15) is 0 Å². The molecule has 0 aliphatic heterocycles. The molecule has 0 heterocycles. The van der Waals surface area contributed by atoms with Gasteiger partial charge in [-0.25, -0.2) is 0 Å². The molecule has 0 aliphatic rings. The molecule has 0 aromatic heterocycles. The predicted octanol–water partition coefficient (Wildman–Crippen LogP) is 5.07. The molecule has 0 saturated carbocycles. The normalized spacial score (nSPS) is 12.2. The van der Waals surface area contributed by atoms with Gasteiger partial charge in [-0.05, 0) is 42.9 Å². The number of rotatable bonds is 4. The van der Waals surface area contributed by atoms with E-state index in [1.165, 1.54) is 0 Å². The predicted molar refractivity (Wildman–Crippen MR) is 88.1 cm³/mol. The summed E-state index contributed by atoms with van der Waals surface area (Å²) < 4.78 is 6.36. The molecule has 2 rings (SSSR count). The largest absolute Gasteiger partial charge is 0.496 e. The van der Waals surface area contributed by atoms with Crippen LogP contribution in [0.4, 0.5) is 0 Å². The summed E-state index contributed by atoms with van der Waals surface area (Å²) in [4.78, 5) is 0. The third-order valence-corrected chi connectivity index (χ3v) is 4.12. The van der Waals surface area contributed by atoms with Crippen LogP contribution in [0.25, 0.3) is 0 Å². The van der Waals surface area contributed by atoms with Crippen LogP contribution in [0.1, 0.15) is 17.2 Å². The van der Waals surface area contributed by atoms with E-state index in [0.29, 0.717) is 10.0 Å². The minimum atomic E-state index is -0.0933. The van der Waals surface area contributed by atoms with Gasteiger partial charge in [0, 0.05) is 20.1 Å². The lowest BCUT2D eigenvalue weighted by Gasteiger charge is -2.21. The lowest BCUT2D eigenvalue weighted by atomic mass is 9.98. The van der Waals surface area contributed by atoms with Crippen LogP contribution >= 0.6 is 39.1 Å². The maximum atomic E-state index is 6.34. The molecular formula is C15H14BrCl2NO. The molecule has 106 valence electrons. The smallest absolute Gasteiger partial charge is 0.124 e. The fraction of sp³-hybridized carbons (Fsp3) is 0.200. The van der Waals surface area contributed by atoms with Gasteiger partial charge in [0.2, 0.25) is 0 Å². The van der Waals surface area contributed by atoms with Gasteiger partial charge in [0.25, 0.3) is 0 Å². The average Bonchev–Trinajstić information content (AvgIpc) is 2.42. The van der Waals surface area contributed by atoms with E-state index in [0.717, 1.165) is 21.3 Å². The number of halogens is 3. The van der Waals surface area contributed by atoms with Crippen LogP contribution < -0.4 is 10.1 Å². The fourth-order valence-electron chi connectivity index (χ4n) is 2.14. The molecule has 0 radical (unpaired) electrons. The number of ether oxygens (including phenoxy) is 1. The Kier molecular flexibility index (Phi) is 5.33. The van der Waals surface area contributed by atoms with Crippen molar-refractivity contribution >= 4 is 39.1 Å². The Morgan fingerprint density at radius 2 is 1.85 bits per heavy atom. The zero-order chi connectivity index (χ0) is 14.7. The van der Waals surface area contributed by atoms with Crippen molar-refractivity contribution < 1.29 is 4.74 Å². The molecule has 0 aliphatic carbocycles. The topological polar surface area (TPSA) is 21.3 Å². The van der Waals surface area contributed by atoms with Crippen molar-refractivity contribution in [1.29, 1.82) is 0 Å². The summed E-state index contributed by atoms with van der Waals surface area (Å²) in [6.45, 7) is 0. The fourth-order valence-corrected chi connectivity index (χ4v) is 3.11. The Morgan fingerprint density at radius 3 is 2.45 bits per heavy atom. The van der Waals surface area contributed by atoms with Crippen molar-refractivity contribution in [3.63, 3.8) is 0 Å². The molecule has 2 aromatic carbocycles. The highest BCUT2D eigenvalue weighted by Gasteiger charge is 2.19. The number of hydrogen-bond acceptors (Lipinski definition) is 2. The molecule has 1 N–H and O–H groups in total. The van der Waals surface area contributed by atoms with Gasteiger partial charge in [-0.3, -0.25) is 0 Å². The van der Waals surface area contributed by atoms with Gasteiger partial charge < -0.3 is 10.1 Å². The van der Waals surface area contributed by atoms with Crippen LogP contribution in [0.2, 0.25) is 10.0 Å². The number of methoxy groups -OCH3 is 1. The Balaban J connectivity index is 2.54. The third-order valence-electron chi connectivity index (χ3n) is 3.06. The van der Waals surface area contributed by atoms with Crippen LogP contribution in [0.3, 0.4) is 0 Å². The summed E-state index contributed by atoms with van der Waals surface area (Å²) in [7, 11) is 3.52. The molecule has 20 heavy (non-hydrogen) atoms. The van der Waals surface area contributed by atoms with Gasteiger partial charge in [-0.15, -0.1) is 0 Å². The minimum absolute atomic E-state index is 0.0933. The van der Waals surface area contributed by atoms with Crippen LogP contribution in [-0.4, -0.2) is 14.2 Å². The Morgan fingerprint density at radius 1 is 1.10 bits per heavy atom. The molecular weight excluding hydrogens is 361 g/mol. The van der Waals surface area contributed by atoms with Crippen LogP contribution in [-0.2, 0) is 0 Å². The van der Waals surface area contributed by atoms with Gasteiger partial charge in [0.1, 0.15) is 5.75 Å². The summed E-state index contributed by atoms with van der Waals surface area (Å²) in [5, 5.41) is 4.60. The molecule has 5 heteroatoms. The first-order valence-corrected chi connectivity index (χ1v) is 7.57. The van der Waals surface area contributed by atoms with Gasteiger partial charge >= 0.3 is 0 Å². The standard InChI is InChI=1S/C15H14BrCl2NO/c1-19-15(11-5-3-9(16)7-13(11)18)12-8-10(17)4-6-14(12)20-2/h3-8,15,19H,1-2H3. The monoisotopic (exact) mass is 373 g/mol. The maximum Gasteiger partial charge on any atom is 0.124 e. The van der Waals surface area contributed by atoms with Gasteiger partial charge in [-0.1, -0.05) is 45.2 Å². The number of hydrogen-bond donors (Lipinski definition) is 1. The molecule has 0 amide bonds. The van der Waals surface area contributed by atoms with Gasteiger partial charge in [-0.2, -0.15) is 0 Å². The second-order valence-corrected chi connectivity index (χ2v) is 6.03. The summed E-state index contributed by atoms with van der Waals surface area (Å²) in [6.07, 6.45) is 0. The Hall–Kier alpha value is -0.740. The summed E-state index contributed by atoms with van der Waals surface area (Å²) in [5.41, 5.74) is 1.92. The quantitative estimate of drug-likeness (QED) is 0.806. The first-order valence-electron chi connectivity index (χ1n) is 6.02. The lowest BCUT2D eigenvalue weighted by molar-refractivity contribution is 0.405. The third kappa shape index (κ3) is 3.29. The highest BCUT2D eigenvalue weighted by atomic mass is 79.9. The van der Waals surface area contributed by atoms with E-state index in [1.807, 2.05) is 37.4 Å². The van der Waals surface area contributed by atoms with Crippen molar-refractivity contribution in [3.05, 3.63) is 62.0 Å². The van der Waals surface area contributed by atoms with Crippen molar-refractivity contribution in [2.45, 2.75) is 6.04 Å². The van der Waals surface area contributed by atoms with Crippen molar-refractivity contribution in [1.82, 2.24) is 5.32 Å². The SMILES string of the molecule is CNC(c1ccc(Br)cc1Cl)c1cc(Cl)ccc1OC. The summed E-state index contributed by atoms with van der Waals surface area (Å²) >= 11 is 15.9. The van der Waals surface area contributed by atoms with Crippen molar-refractivity contribution in [2.24, 2.45) is 0 Å². The zero-order valence-electron chi connectivity index (χ0n) is 11.1. The second kappa shape index (κ2) is 6.81. The molecule has 0 fully saturated rings. The zero-order valence-corrected chi connectivity index (χ0v) is 14.2. The minimum Gasteiger partial charge on any atom is -0.496 e. The second-order valence-electron chi connectivity index (χ2n) is 4.27. The molecule has 2 aromatic rings. The van der Waals surface area contributed by atoms with Crippen LogP contribution in [0.5, 0.6) is 5.75 Å². The molecule has 1 unspecified atom stereocenters. The molecule has 0 saturated heterocycles. The summed E-state index contributed by atoms with van der Waals surface area (Å²) in [6, 6.07) is 11.3. The first kappa shape index (κ1) is 15.6. The van der Waals surface area contributed by atoms with E-state index in [4.69, 9.17) is 27.9 Å². The number of nitrogens with one attached hydrogen (secondary N) is 1. The Bertz CT molecular complexity index is 619. The van der Waals surface area contributed by atoms with E-state index in [-0.39, 0.29) is 6.04 Å². The molecule has 1 atom stereocenters. The van der Waals surface area contributed by atoms with Crippen molar-refractivity contribution in [3.8, 4) is 5.75 Å². The highest BCUT2D eigenvalue weighted by Crippen LogP contribution is 2.35. The van der Waals surface area contributed by atoms with E-state index >= 15 is 0 Å². The molecule has 0 bridgehead atoms. The molecule has 0 spiro atoms. The van der Waals surface area contributed by atoms with E-state index in [1.54, 1.807) is 13.2 Å².